The van der Waals surface area contributed by atoms with Crippen molar-refractivity contribution in [3.8, 4) is 11.5 Å². The van der Waals surface area contributed by atoms with Gasteiger partial charge in [0.2, 0.25) is 0 Å². The molecule has 0 fully saturated rings. The van der Waals surface area contributed by atoms with E-state index >= 15 is 0 Å². The Morgan fingerprint density at radius 3 is 2.58 bits per heavy atom. The Bertz CT molecular complexity index is 964. The molecule has 5 heteroatoms. The Kier molecular flexibility index (Phi) is 2.95. The van der Waals surface area contributed by atoms with E-state index in [2.05, 4.69) is 0 Å². The molecule has 2 aromatic rings. The standard InChI is InChI=1S/C19H18O5/c1-9-10(2)22-17-12-7-8-19(3,4)24-16(12)11-5-6-13(20)23-18(11)14(17)15(9)21/h5-10H,1-4H3/t9-,10-/m1/s1. The lowest BCUT2D eigenvalue weighted by molar-refractivity contribution is 0.0728. The van der Waals surface area contributed by atoms with Crippen molar-refractivity contribution in [3.05, 3.63) is 39.8 Å². The van der Waals surface area contributed by atoms with Crippen molar-refractivity contribution in [2.75, 3.05) is 0 Å². The lowest BCUT2D eigenvalue weighted by Crippen LogP contribution is -2.35. The highest BCUT2D eigenvalue weighted by atomic mass is 16.5. The summed E-state index contributed by atoms with van der Waals surface area (Å²) in [6, 6.07) is 2.98. The molecule has 1 aromatic heterocycles. The summed E-state index contributed by atoms with van der Waals surface area (Å²) in [6.07, 6.45) is 3.58. The molecule has 0 N–H and O–H groups in total. The van der Waals surface area contributed by atoms with Gasteiger partial charge in [-0.2, -0.15) is 0 Å². The molecule has 3 heterocycles. The van der Waals surface area contributed by atoms with Crippen LogP contribution in [0.4, 0.5) is 0 Å². The zero-order valence-electron chi connectivity index (χ0n) is 14.0. The van der Waals surface area contributed by atoms with Gasteiger partial charge >= 0.3 is 5.63 Å². The van der Waals surface area contributed by atoms with Crippen LogP contribution in [-0.2, 0) is 0 Å². The van der Waals surface area contributed by atoms with Crippen LogP contribution in [0.25, 0.3) is 17.0 Å². The van der Waals surface area contributed by atoms with E-state index in [1.54, 1.807) is 6.07 Å². The minimum atomic E-state index is -0.505. The Labute approximate surface area is 138 Å². The van der Waals surface area contributed by atoms with Crippen molar-refractivity contribution >= 4 is 22.8 Å². The molecule has 24 heavy (non-hydrogen) atoms. The summed E-state index contributed by atoms with van der Waals surface area (Å²) in [5, 5.41) is 0.611. The zero-order valence-corrected chi connectivity index (χ0v) is 14.0. The second-order valence-electron chi connectivity index (χ2n) is 6.96. The fourth-order valence-electron chi connectivity index (χ4n) is 3.18. The Morgan fingerprint density at radius 1 is 1.08 bits per heavy atom. The van der Waals surface area contributed by atoms with Crippen molar-refractivity contribution in [3.63, 3.8) is 0 Å². The Hall–Kier alpha value is -2.56. The second kappa shape index (κ2) is 4.72. The number of rotatable bonds is 0. The van der Waals surface area contributed by atoms with Crippen LogP contribution in [-0.4, -0.2) is 17.5 Å². The monoisotopic (exact) mass is 326 g/mol. The van der Waals surface area contributed by atoms with E-state index in [0.717, 1.165) is 5.56 Å². The normalized spacial score (nSPS) is 24.1. The molecule has 0 saturated heterocycles. The summed E-state index contributed by atoms with van der Waals surface area (Å²) in [4.78, 5) is 24.6. The van der Waals surface area contributed by atoms with Gasteiger partial charge in [-0.15, -0.1) is 0 Å². The lowest BCUT2D eigenvalue weighted by atomic mass is 9.87. The molecule has 4 rings (SSSR count). The molecule has 0 saturated carbocycles. The van der Waals surface area contributed by atoms with Crippen molar-refractivity contribution in [2.45, 2.75) is 39.4 Å². The predicted octanol–water partition coefficient (Wildman–Crippen LogP) is 3.58. The maximum Gasteiger partial charge on any atom is 0.336 e. The molecule has 1 aromatic carbocycles. The molecule has 2 atom stereocenters. The van der Waals surface area contributed by atoms with Gasteiger partial charge < -0.3 is 13.9 Å². The largest absolute Gasteiger partial charge is 0.488 e. The van der Waals surface area contributed by atoms with E-state index in [-0.39, 0.29) is 23.4 Å². The lowest BCUT2D eigenvalue weighted by Gasteiger charge is -2.34. The molecule has 0 bridgehead atoms. The number of hydrogen-bond acceptors (Lipinski definition) is 5. The maximum absolute atomic E-state index is 12.9. The van der Waals surface area contributed by atoms with Gasteiger partial charge in [-0.1, -0.05) is 6.92 Å². The SMILES string of the molecule is C[C@H]1Oc2c3c(c4ccc(=O)oc4c2C(=O)[C@@H]1C)OC(C)(C)C=C3. The van der Waals surface area contributed by atoms with Crippen LogP contribution in [0.15, 0.2) is 27.4 Å². The summed E-state index contributed by atoms with van der Waals surface area (Å²) in [5.41, 5.74) is 0.292. The smallest absolute Gasteiger partial charge is 0.336 e. The summed E-state index contributed by atoms with van der Waals surface area (Å²) in [7, 11) is 0. The quantitative estimate of drug-likeness (QED) is 0.692. The van der Waals surface area contributed by atoms with Crippen molar-refractivity contribution in [2.24, 2.45) is 5.92 Å². The Morgan fingerprint density at radius 2 is 1.83 bits per heavy atom. The van der Waals surface area contributed by atoms with E-state index in [4.69, 9.17) is 13.9 Å². The van der Waals surface area contributed by atoms with Gasteiger partial charge in [0.05, 0.1) is 16.9 Å². The van der Waals surface area contributed by atoms with Crippen LogP contribution in [0, 0.1) is 5.92 Å². The van der Waals surface area contributed by atoms with Crippen molar-refractivity contribution < 1.29 is 18.7 Å². The van der Waals surface area contributed by atoms with Crippen LogP contribution in [0.3, 0.4) is 0 Å². The molecular weight excluding hydrogens is 308 g/mol. The second-order valence-corrected chi connectivity index (χ2v) is 6.96. The van der Waals surface area contributed by atoms with Crippen LogP contribution >= 0.6 is 0 Å². The number of ether oxygens (including phenoxy) is 2. The van der Waals surface area contributed by atoms with Gasteiger partial charge in [0.15, 0.2) is 11.4 Å². The molecule has 0 amide bonds. The van der Waals surface area contributed by atoms with E-state index in [0.29, 0.717) is 22.4 Å². The van der Waals surface area contributed by atoms with Crippen LogP contribution in [0.5, 0.6) is 11.5 Å². The minimum absolute atomic E-state index is 0.0795. The minimum Gasteiger partial charge on any atom is -0.488 e. The number of fused-ring (bicyclic) bond motifs is 6. The summed E-state index contributed by atoms with van der Waals surface area (Å²) >= 11 is 0. The summed E-state index contributed by atoms with van der Waals surface area (Å²) in [5.74, 6) is 0.627. The van der Waals surface area contributed by atoms with Gasteiger partial charge in [0, 0.05) is 6.07 Å². The molecule has 2 aliphatic rings. The first-order chi connectivity index (χ1) is 11.3. The maximum atomic E-state index is 12.9. The average molecular weight is 326 g/mol. The van der Waals surface area contributed by atoms with Crippen molar-refractivity contribution in [1.82, 2.24) is 0 Å². The first-order valence-corrected chi connectivity index (χ1v) is 8.01. The number of hydrogen-bond donors (Lipinski definition) is 0. The molecule has 2 aliphatic heterocycles. The zero-order chi connectivity index (χ0) is 17.2. The molecule has 0 aliphatic carbocycles. The summed E-state index contributed by atoms with van der Waals surface area (Å²) < 4.78 is 17.5. The Balaban J connectivity index is 2.16. The fourth-order valence-corrected chi connectivity index (χ4v) is 3.18. The number of carbonyl (C=O) groups is 1. The number of carbonyl (C=O) groups excluding carboxylic acids is 1. The highest BCUT2D eigenvalue weighted by Gasteiger charge is 2.38. The van der Waals surface area contributed by atoms with Crippen LogP contribution in [0.2, 0.25) is 0 Å². The molecule has 5 nitrogen and oxygen atoms in total. The van der Waals surface area contributed by atoms with Gasteiger partial charge in [-0.25, -0.2) is 4.79 Å². The van der Waals surface area contributed by atoms with Gasteiger partial charge in [0.1, 0.15) is 28.8 Å². The van der Waals surface area contributed by atoms with Gasteiger partial charge in [-0.3, -0.25) is 4.79 Å². The van der Waals surface area contributed by atoms with Crippen LogP contribution < -0.4 is 15.1 Å². The van der Waals surface area contributed by atoms with E-state index in [1.165, 1.54) is 6.07 Å². The van der Waals surface area contributed by atoms with Crippen LogP contribution in [0.1, 0.15) is 43.6 Å². The van der Waals surface area contributed by atoms with Gasteiger partial charge in [0.25, 0.3) is 0 Å². The molecule has 0 radical (unpaired) electrons. The van der Waals surface area contributed by atoms with E-state index < -0.39 is 11.2 Å². The number of ketones is 1. The van der Waals surface area contributed by atoms with E-state index in [1.807, 2.05) is 39.8 Å². The first kappa shape index (κ1) is 15.0. The fraction of sp³-hybridized carbons (Fsp3) is 0.368. The number of Topliss-reactive ketones (excluding diaryl/α,β-unsaturated/α-hetero) is 1. The third-order valence-electron chi connectivity index (χ3n) is 4.71. The predicted molar refractivity (Wildman–Crippen MR) is 89.8 cm³/mol. The molecule has 124 valence electrons. The highest BCUT2D eigenvalue weighted by Crippen LogP contribution is 2.48. The third-order valence-corrected chi connectivity index (χ3v) is 4.71. The topological polar surface area (TPSA) is 65.7 Å². The summed E-state index contributed by atoms with van der Waals surface area (Å²) in [6.45, 7) is 7.55. The van der Waals surface area contributed by atoms with E-state index in [9.17, 15) is 9.59 Å². The molecule has 0 unspecified atom stereocenters. The van der Waals surface area contributed by atoms with Crippen molar-refractivity contribution in [1.29, 1.82) is 0 Å². The first-order valence-electron chi connectivity index (χ1n) is 8.01. The van der Waals surface area contributed by atoms with Gasteiger partial charge in [-0.05, 0) is 39.0 Å². The molecular formula is C19H18O5. The molecule has 0 spiro atoms. The number of benzene rings is 1. The average Bonchev–Trinajstić information content (AvgIpc) is 2.51. The third kappa shape index (κ3) is 2.00. The highest BCUT2D eigenvalue weighted by molar-refractivity contribution is 6.13.